The zero-order valence-electron chi connectivity index (χ0n) is 13.0. The summed E-state index contributed by atoms with van der Waals surface area (Å²) < 4.78 is 7.05. The molecule has 6 nitrogen and oxygen atoms in total. The Balaban J connectivity index is 1.66. The summed E-state index contributed by atoms with van der Waals surface area (Å²) in [7, 11) is 1.62. The zero-order valence-corrected chi connectivity index (χ0v) is 13.9. The third-order valence-electron chi connectivity index (χ3n) is 3.24. The van der Waals surface area contributed by atoms with Gasteiger partial charge in [-0.2, -0.15) is 0 Å². The average molecular weight is 340 g/mol. The number of nitrogens with zero attached hydrogens (tertiary/aromatic N) is 3. The van der Waals surface area contributed by atoms with E-state index in [-0.39, 0.29) is 11.7 Å². The van der Waals surface area contributed by atoms with Gasteiger partial charge in [-0.15, -0.1) is 10.2 Å². The Bertz CT molecular complexity index is 820. The van der Waals surface area contributed by atoms with Crippen LogP contribution in [0.3, 0.4) is 0 Å². The molecule has 7 heteroatoms. The molecule has 3 aromatic rings. The van der Waals surface area contributed by atoms with Gasteiger partial charge in [0.15, 0.2) is 5.16 Å². The van der Waals surface area contributed by atoms with Gasteiger partial charge in [0.1, 0.15) is 12.1 Å². The predicted octanol–water partition coefficient (Wildman–Crippen LogP) is 3.01. The molecule has 0 radical (unpaired) electrons. The smallest absolute Gasteiger partial charge is 0.234 e. The molecule has 1 heterocycles. The molecule has 1 N–H and O–H groups in total. The number of carbonyl (C=O) groups is 1. The van der Waals surface area contributed by atoms with E-state index in [4.69, 9.17) is 4.74 Å². The molecule has 0 fully saturated rings. The topological polar surface area (TPSA) is 69.0 Å². The van der Waals surface area contributed by atoms with Crippen LogP contribution >= 0.6 is 11.8 Å². The summed E-state index contributed by atoms with van der Waals surface area (Å²) in [6.45, 7) is 0. The van der Waals surface area contributed by atoms with Crippen molar-refractivity contribution in [2.45, 2.75) is 5.16 Å². The van der Waals surface area contributed by atoms with E-state index >= 15 is 0 Å². The number of anilines is 1. The Labute approximate surface area is 143 Å². The number of ether oxygens (including phenoxy) is 1. The highest BCUT2D eigenvalue weighted by Crippen LogP contribution is 2.22. The van der Waals surface area contributed by atoms with Gasteiger partial charge in [0, 0.05) is 11.8 Å². The molecular weight excluding hydrogens is 324 g/mol. The number of hydrogen-bond acceptors (Lipinski definition) is 5. The molecule has 2 aromatic carbocycles. The van der Waals surface area contributed by atoms with Gasteiger partial charge in [-0.25, -0.2) is 0 Å². The molecule has 0 aliphatic rings. The van der Waals surface area contributed by atoms with Gasteiger partial charge in [-0.1, -0.05) is 36.0 Å². The summed E-state index contributed by atoms with van der Waals surface area (Å²) in [4.78, 5) is 12.0. The van der Waals surface area contributed by atoms with Gasteiger partial charge >= 0.3 is 0 Å². The molecule has 3 rings (SSSR count). The maximum Gasteiger partial charge on any atom is 0.234 e. The van der Waals surface area contributed by atoms with Crippen LogP contribution in [0.25, 0.3) is 5.69 Å². The van der Waals surface area contributed by atoms with E-state index in [0.29, 0.717) is 5.16 Å². The van der Waals surface area contributed by atoms with Gasteiger partial charge in [0.05, 0.1) is 18.6 Å². The highest BCUT2D eigenvalue weighted by atomic mass is 32.2. The van der Waals surface area contributed by atoms with Crippen molar-refractivity contribution in [3.8, 4) is 11.4 Å². The Morgan fingerprint density at radius 2 is 2.04 bits per heavy atom. The van der Waals surface area contributed by atoms with E-state index in [1.807, 2.05) is 59.2 Å². The van der Waals surface area contributed by atoms with E-state index in [1.165, 1.54) is 11.8 Å². The first-order valence-electron chi connectivity index (χ1n) is 7.28. The van der Waals surface area contributed by atoms with Crippen molar-refractivity contribution >= 4 is 23.4 Å². The molecule has 0 aliphatic carbocycles. The standard InChI is InChI=1S/C17H16N4O2S/c1-23-15-9-5-8-14(10-15)21-12-18-20-17(21)24-11-16(22)19-13-6-3-2-4-7-13/h2-10,12H,11H2,1H3,(H,19,22). The number of aromatic nitrogens is 3. The van der Waals surface area contributed by atoms with Crippen LogP contribution in [0.2, 0.25) is 0 Å². The van der Waals surface area contributed by atoms with E-state index in [9.17, 15) is 4.79 Å². The average Bonchev–Trinajstić information content (AvgIpc) is 3.09. The minimum atomic E-state index is -0.0913. The highest BCUT2D eigenvalue weighted by molar-refractivity contribution is 7.99. The largest absolute Gasteiger partial charge is 0.497 e. The van der Waals surface area contributed by atoms with Crippen molar-refractivity contribution in [3.63, 3.8) is 0 Å². The maximum atomic E-state index is 12.0. The van der Waals surface area contributed by atoms with Crippen molar-refractivity contribution in [2.75, 3.05) is 18.2 Å². The third-order valence-corrected chi connectivity index (χ3v) is 4.18. The number of benzene rings is 2. The van der Waals surface area contributed by atoms with Crippen LogP contribution in [0.1, 0.15) is 0 Å². The van der Waals surface area contributed by atoms with E-state index in [0.717, 1.165) is 17.1 Å². The first kappa shape index (κ1) is 16.1. The molecule has 0 saturated carbocycles. The lowest BCUT2D eigenvalue weighted by Crippen LogP contribution is -2.14. The van der Waals surface area contributed by atoms with Gasteiger partial charge in [0.25, 0.3) is 0 Å². The van der Waals surface area contributed by atoms with Crippen LogP contribution in [0.15, 0.2) is 66.1 Å². The summed E-state index contributed by atoms with van der Waals surface area (Å²) in [5.74, 6) is 0.905. The SMILES string of the molecule is COc1cccc(-n2cnnc2SCC(=O)Nc2ccccc2)c1. The molecule has 24 heavy (non-hydrogen) atoms. The number of carbonyl (C=O) groups excluding carboxylic acids is 1. The van der Waals surface area contributed by atoms with Gasteiger partial charge in [-0.05, 0) is 24.3 Å². The van der Waals surface area contributed by atoms with Crippen molar-refractivity contribution in [2.24, 2.45) is 0 Å². The maximum absolute atomic E-state index is 12.0. The monoisotopic (exact) mass is 340 g/mol. The van der Waals surface area contributed by atoms with Crippen LogP contribution in [-0.4, -0.2) is 33.5 Å². The van der Waals surface area contributed by atoms with E-state index in [2.05, 4.69) is 15.5 Å². The number of amides is 1. The summed E-state index contributed by atoms with van der Waals surface area (Å²) >= 11 is 1.33. The van der Waals surface area contributed by atoms with E-state index in [1.54, 1.807) is 13.4 Å². The van der Waals surface area contributed by atoms with Gasteiger partial charge < -0.3 is 10.1 Å². The quantitative estimate of drug-likeness (QED) is 0.699. The van der Waals surface area contributed by atoms with Crippen LogP contribution in [0.4, 0.5) is 5.69 Å². The Morgan fingerprint density at radius 1 is 1.21 bits per heavy atom. The molecule has 0 spiro atoms. The van der Waals surface area contributed by atoms with Gasteiger partial charge in [0.2, 0.25) is 5.91 Å². The molecule has 1 amide bonds. The first-order chi connectivity index (χ1) is 11.8. The Morgan fingerprint density at radius 3 is 2.83 bits per heavy atom. The van der Waals surface area contributed by atoms with Crippen molar-refractivity contribution in [1.29, 1.82) is 0 Å². The van der Waals surface area contributed by atoms with Crippen molar-refractivity contribution < 1.29 is 9.53 Å². The second-order valence-electron chi connectivity index (χ2n) is 4.89. The predicted molar refractivity (Wildman–Crippen MR) is 93.7 cm³/mol. The second-order valence-corrected chi connectivity index (χ2v) is 5.83. The summed E-state index contributed by atoms with van der Waals surface area (Å²) in [5, 5.41) is 11.5. The fraction of sp³-hybridized carbons (Fsp3) is 0.118. The lowest BCUT2D eigenvalue weighted by atomic mass is 10.3. The lowest BCUT2D eigenvalue weighted by Gasteiger charge is -2.08. The van der Waals surface area contributed by atoms with Crippen LogP contribution in [0.5, 0.6) is 5.75 Å². The minimum absolute atomic E-state index is 0.0913. The van der Waals surface area contributed by atoms with Crippen LogP contribution < -0.4 is 10.1 Å². The number of nitrogens with one attached hydrogen (secondary N) is 1. The van der Waals surface area contributed by atoms with Gasteiger partial charge in [-0.3, -0.25) is 9.36 Å². The molecule has 1 aromatic heterocycles. The lowest BCUT2D eigenvalue weighted by molar-refractivity contribution is -0.113. The zero-order chi connectivity index (χ0) is 16.8. The number of methoxy groups -OCH3 is 1. The van der Waals surface area contributed by atoms with E-state index < -0.39 is 0 Å². The molecule has 0 unspecified atom stereocenters. The molecule has 0 bridgehead atoms. The first-order valence-corrected chi connectivity index (χ1v) is 8.27. The number of rotatable bonds is 6. The van der Waals surface area contributed by atoms with Crippen LogP contribution in [-0.2, 0) is 4.79 Å². The van der Waals surface area contributed by atoms with Crippen LogP contribution in [0, 0.1) is 0 Å². The normalized spacial score (nSPS) is 10.4. The third kappa shape index (κ3) is 3.94. The fourth-order valence-corrected chi connectivity index (χ4v) is 2.84. The summed E-state index contributed by atoms with van der Waals surface area (Å²) in [5.41, 5.74) is 1.66. The number of thioether (sulfide) groups is 1. The van der Waals surface area contributed by atoms with Crippen molar-refractivity contribution in [3.05, 3.63) is 60.9 Å². The molecule has 0 aliphatic heterocycles. The second kappa shape index (κ2) is 7.65. The molecule has 0 atom stereocenters. The summed E-state index contributed by atoms with van der Waals surface area (Å²) in [6.07, 6.45) is 1.62. The molecule has 122 valence electrons. The Hall–Kier alpha value is -2.80. The minimum Gasteiger partial charge on any atom is -0.497 e. The number of hydrogen-bond donors (Lipinski definition) is 1. The fourth-order valence-electron chi connectivity index (χ4n) is 2.11. The molecular formula is C17H16N4O2S. The molecule has 0 saturated heterocycles. The highest BCUT2D eigenvalue weighted by Gasteiger charge is 2.11. The number of para-hydroxylation sites is 1. The Kier molecular flexibility index (Phi) is 5.12. The van der Waals surface area contributed by atoms with Crippen molar-refractivity contribution in [1.82, 2.24) is 14.8 Å². The summed E-state index contributed by atoms with van der Waals surface area (Å²) in [6, 6.07) is 16.9.